The van der Waals surface area contributed by atoms with E-state index in [1.165, 1.54) is 56.1 Å². The highest BCUT2D eigenvalue weighted by Crippen LogP contribution is 2.27. The maximum absolute atomic E-state index is 6.34. The number of aryl methyl sites for hydroxylation is 2. The van der Waals surface area contributed by atoms with Crippen molar-refractivity contribution in [2.75, 3.05) is 0 Å². The smallest absolute Gasteiger partial charge is 0.209 e. The summed E-state index contributed by atoms with van der Waals surface area (Å²) in [5, 5.41) is 3.93. The number of hydrazine groups is 1. The van der Waals surface area contributed by atoms with Crippen molar-refractivity contribution in [1.29, 1.82) is 0 Å². The van der Waals surface area contributed by atoms with Crippen LogP contribution in [0.5, 0.6) is 0 Å². The van der Waals surface area contributed by atoms with Gasteiger partial charge >= 0.3 is 0 Å². The van der Waals surface area contributed by atoms with E-state index < -0.39 is 5.79 Å². The number of guanidine groups is 1. The van der Waals surface area contributed by atoms with Gasteiger partial charge in [0.2, 0.25) is 11.7 Å². The molecule has 6 nitrogen and oxygen atoms in total. The lowest BCUT2D eigenvalue weighted by molar-refractivity contribution is 0.321. The zero-order valence-corrected chi connectivity index (χ0v) is 14.9. The van der Waals surface area contributed by atoms with Crippen molar-refractivity contribution in [3.8, 4) is 0 Å². The van der Waals surface area contributed by atoms with E-state index in [9.17, 15) is 0 Å². The predicted molar refractivity (Wildman–Crippen MR) is 101 cm³/mol. The van der Waals surface area contributed by atoms with E-state index in [1.54, 1.807) is 0 Å². The van der Waals surface area contributed by atoms with Gasteiger partial charge in [-0.15, -0.1) is 0 Å². The van der Waals surface area contributed by atoms with Crippen LogP contribution in [-0.2, 0) is 18.6 Å². The molecule has 1 saturated carbocycles. The monoisotopic (exact) mass is 342 g/mol. The zero-order valence-electron chi connectivity index (χ0n) is 14.9. The zero-order chi connectivity index (χ0) is 17.3. The molecule has 4 rings (SSSR count). The van der Waals surface area contributed by atoms with Gasteiger partial charge in [0.25, 0.3) is 0 Å². The molecule has 1 aromatic rings. The van der Waals surface area contributed by atoms with Crippen LogP contribution in [0.2, 0.25) is 0 Å². The molecule has 0 spiro atoms. The molecule has 0 amide bonds. The summed E-state index contributed by atoms with van der Waals surface area (Å²) in [6, 6.07) is 7.85. The van der Waals surface area contributed by atoms with Crippen molar-refractivity contribution in [3.05, 3.63) is 34.9 Å². The van der Waals surface area contributed by atoms with Crippen molar-refractivity contribution in [1.82, 2.24) is 16.2 Å². The van der Waals surface area contributed by atoms with Gasteiger partial charge in [-0.1, -0.05) is 37.5 Å². The molecule has 25 heavy (non-hydrogen) atoms. The van der Waals surface area contributed by atoms with Crippen LogP contribution in [0, 0.1) is 0 Å². The predicted octanol–water partition coefficient (Wildman–Crippen LogP) is 1.35. The van der Waals surface area contributed by atoms with Gasteiger partial charge in [-0.05, 0) is 49.7 Å². The molecule has 6 heteroatoms. The summed E-state index contributed by atoms with van der Waals surface area (Å²) in [7, 11) is 0. The number of benzene rings is 1. The van der Waals surface area contributed by atoms with Gasteiger partial charge in [-0.25, -0.2) is 4.99 Å². The van der Waals surface area contributed by atoms with Gasteiger partial charge < -0.3 is 11.1 Å². The van der Waals surface area contributed by atoms with E-state index in [4.69, 9.17) is 11.5 Å². The van der Waals surface area contributed by atoms with Gasteiger partial charge in [-0.3, -0.25) is 11.2 Å². The Labute approximate surface area is 149 Å². The van der Waals surface area contributed by atoms with Gasteiger partial charge in [0.05, 0.1) is 0 Å². The van der Waals surface area contributed by atoms with Crippen LogP contribution in [0.3, 0.4) is 0 Å². The van der Waals surface area contributed by atoms with Crippen LogP contribution in [0.25, 0.3) is 0 Å². The van der Waals surface area contributed by atoms with E-state index in [0.29, 0.717) is 12.0 Å². The molecule has 1 aromatic carbocycles. The van der Waals surface area contributed by atoms with E-state index in [-0.39, 0.29) is 0 Å². The van der Waals surface area contributed by atoms with Crippen molar-refractivity contribution < 1.29 is 0 Å². The number of nitrogens with two attached hydrogens (primary N) is 2. The summed E-state index contributed by atoms with van der Waals surface area (Å²) >= 11 is 0. The lowest BCUT2D eigenvalue weighted by Gasteiger charge is -2.28. The third-order valence-corrected chi connectivity index (χ3v) is 5.93. The SMILES string of the molecule is NC1=NC(N)(c2ccc3c(c2)CC[C@@H](NC2CCCCC2)CC3)NN1. The molecule has 2 aliphatic carbocycles. The Bertz CT molecular complexity index is 651. The van der Waals surface area contributed by atoms with Crippen molar-refractivity contribution in [2.24, 2.45) is 16.5 Å². The first-order valence-electron chi connectivity index (χ1n) is 9.68. The van der Waals surface area contributed by atoms with Crippen LogP contribution in [0.4, 0.5) is 0 Å². The second-order valence-corrected chi connectivity index (χ2v) is 7.77. The molecule has 1 fully saturated rings. The number of rotatable bonds is 3. The summed E-state index contributed by atoms with van der Waals surface area (Å²) in [6.07, 6.45) is 11.5. The normalized spacial score (nSPS) is 30.3. The molecule has 1 unspecified atom stereocenters. The highest BCUT2D eigenvalue weighted by atomic mass is 15.6. The molecule has 1 heterocycles. The molecular weight excluding hydrogens is 312 g/mol. The first-order chi connectivity index (χ1) is 12.1. The molecule has 3 aliphatic rings. The van der Waals surface area contributed by atoms with Crippen LogP contribution >= 0.6 is 0 Å². The molecule has 0 saturated heterocycles. The molecule has 2 atom stereocenters. The van der Waals surface area contributed by atoms with Gasteiger partial charge in [0.15, 0.2) is 0 Å². The first-order valence-corrected chi connectivity index (χ1v) is 9.68. The standard InChI is InChI=1S/C19H30N6/c20-18-23-19(21,25-24-18)15-9-6-13-7-10-17(11-8-14(13)12-15)22-16-4-2-1-3-5-16/h6,9,12,16-17,22,25H,1-5,7-8,10-11,21H2,(H3,20,23,24)/t17-,19?/m0/s1. The molecule has 0 radical (unpaired) electrons. The summed E-state index contributed by atoms with van der Waals surface area (Å²) < 4.78 is 0. The number of nitrogens with zero attached hydrogens (tertiary/aromatic N) is 1. The summed E-state index contributed by atoms with van der Waals surface area (Å²) in [4.78, 5) is 4.29. The lowest BCUT2D eigenvalue weighted by atomic mass is 9.94. The minimum Gasteiger partial charge on any atom is -0.369 e. The van der Waals surface area contributed by atoms with E-state index >= 15 is 0 Å². The van der Waals surface area contributed by atoms with Gasteiger partial charge in [-0.2, -0.15) is 5.43 Å². The Morgan fingerprint density at radius 3 is 2.44 bits per heavy atom. The average Bonchev–Trinajstić information content (AvgIpc) is 2.86. The quantitative estimate of drug-likeness (QED) is 0.534. The fourth-order valence-corrected chi connectivity index (χ4v) is 4.45. The minimum absolute atomic E-state index is 0.328. The maximum atomic E-state index is 6.34. The number of fused-ring (bicyclic) bond motifs is 1. The molecule has 0 bridgehead atoms. The Kier molecular flexibility index (Phi) is 4.67. The number of aliphatic imine (C=N–C) groups is 1. The Morgan fingerprint density at radius 1 is 1.00 bits per heavy atom. The molecule has 136 valence electrons. The van der Waals surface area contributed by atoms with Crippen LogP contribution in [-0.4, -0.2) is 18.0 Å². The summed E-state index contributed by atoms with van der Waals surface area (Å²) in [6.45, 7) is 0. The topological polar surface area (TPSA) is 100 Å². The Balaban J connectivity index is 1.45. The largest absolute Gasteiger partial charge is 0.369 e. The maximum Gasteiger partial charge on any atom is 0.209 e. The second kappa shape index (κ2) is 6.94. The summed E-state index contributed by atoms with van der Waals surface area (Å²) in [5.74, 6) is -0.639. The Morgan fingerprint density at radius 2 is 1.72 bits per heavy atom. The second-order valence-electron chi connectivity index (χ2n) is 7.77. The summed E-state index contributed by atoms with van der Waals surface area (Å²) in [5.41, 5.74) is 21.6. The average molecular weight is 342 g/mol. The van der Waals surface area contributed by atoms with Crippen molar-refractivity contribution in [2.45, 2.75) is 75.7 Å². The highest BCUT2D eigenvalue weighted by molar-refractivity contribution is 5.79. The number of hydrogen-bond donors (Lipinski definition) is 5. The minimum atomic E-state index is -0.967. The van der Waals surface area contributed by atoms with E-state index in [1.807, 2.05) is 0 Å². The number of nitrogens with one attached hydrogen (secondary N) is 3. The van der Waals surface area contributed by atoms with Crippen LogP contribution in [0.1, 0.15) is 61.6 Å². The Hall–Kier alpha value is -1.63. The van der Waals surface area contributed by atoms with Crippen molar-refractivity contribution in [3.63, 3.8) is 0 Å². The molecule has 0 aromatic heterocycles. The van der Waals surface area contributed by atoms with Gasteiger partial charge in [0, 0.05) is 17.6 Å². The first kappa shape index (κ1) is 16.8. The number of hydrogen-bond acceptors (Lipinski definition) is 6. The fourth-order valence-electron chi connectivity index (χ4n) is 4.45. The molecule has 1 aliphatic heterocycles. The van der Waals surface area contributed by atoms with Crippen molar-refractivity contribution >= 4 is 5.96 Å². The highest BCUT2D eigenvalue weighted by Gasteiger charge is 2.32. The van der Waals surface area contributed by atoms with Gasteiger partial charge in [0.1, 0.15) is 0 Å². The van der Waals surface area contributed by atoms with E-state index in [0.717, 1.165) is 24.4 Å². The third-order valence-electron chi connectivity index (χ3n) is 5.93. The lowest BCUT2D eigenvalue weighted by Crippen LogP contribution is -2.50. The van der Waals surface area contributed by atoms with Crippen LogP contribution in [0.15, 0.2) is 23.2 Å². The molecular formula is C19H30N6. The van der Waals surface area contributed by atoms with Crippen LogP contribution < -0.4 is 27.6 Å². The third kappa shape index (κ3) is 3.66. The van der Waals surface area contributed by atoms with E-state index in [2.05, 4.69) is 39.4 Å². The fraction of sp³-hybridized carbons (Fsp3) is 0.632. The molecule has 7 N–H and O–H groups in total.